The van der Waals surface area contributed by atoms with Crippen molar-refractivity contribution in [2.24, 2.45) is 5.92 Å². The summed E-state index contributed by atoms with van der Waals surface area (Å²) in [6.45, 7) is 4.98. The molecule has 2 aromatic rings. The molecule has 1 unspecified atom stereocenters. The van der Waals surface area contributed by atoms with Gasteiger partial charge in [0.05, 0.1) is 0 Å². The molecule has 0 fully saturated rings. The second kappa shape index (κ2) is 7.87. The molecule has 0 radical (unpaired) electrons. The Bertz CT molecular complexity index is 573. The number of para-hydroxylation sites is 1. The number of unbranched alkanes of at least 4 members (excludes halogenated alkanes) is 1. The minimum Gasteiger partial charge on any atom is -0.361 e. The molecule has 0 bridgehead atoms. The minimum absolute atomic E-state index is 0.174. The van der Waals surface area contributed by atoms with Gasteiger partial charge < -0.3 is 10.3 Å². The van der Waals surface area contributed by atoms with Crippen LogP contribution in [0, 0.1) is 5.92 Å². The number of hydrogen-bond donors (Lipinski definition) is 2. The first-order chi connectivity index (χ1) is 10.3. The molecule has 0 spiro atoms. The lowest BCUT2D eigenvalue weighted by Crippen LogP contribution is -2.32. The molecule has 2 rings (SSSR count). The Hall–Kier alpha value is -1.77. The first-order valence-electron chi connectivity index (χ1n) is 8.09. The lowest BCUT2D eigenvalue weighted by atomic mass is 9.98. The van der Waals surface area contributed by atoms with E-state index in [0.717, 1.165) is 37.6 Å². The van der Waals surface area contributed by atoms with Crippen LogP contribution >= 0.6 is 0 Å². The molecule has 0 saturated heterocycles. The summed E-state index contributed by atoms with van der Waals surface area (Å²) in [5.41, 5.74) is 2.43. The van der Waals surface area contributed by atoms with Crippen LogP contribution in [0.15, 0.2) is 30.5 Å². The maximum Gasteiger partial charge on any atom is 0.223 e. The number of amides is 1. The number of fused-ring (bicyclic) bond motifs is 1. The molecule has 3 nitrogen and oxygen atoms in total. The van der Waals surface area contributed by atoms with Gasteiger partial charge in [0.1, 0.15) is 0 Å². The lowest BCUT2D eigenvalue weighted by molar-refractivity contribution is -0.125. The second-order valence-electron chi connectivity index (χ2n) is 5.65. The maximum atomic E-state index is 12.2. The summed E-state index contributed by atoms with van der Waals surface area (Å²) in [5, 5.41) is 4.35. The molecule has 1 atom stereocenters. The average molecular weight is 286 g/mol. The molecule has 114 valence electrons. The fourth-order valence-corrected chi connectivity index (χ4v) is 2.77. The van der Waals surface area contributed by atoms with Gasteiger partial charge in [-0.2, -0.15) is 0 Å². The van der Waals surface area contributed by atoms with Crippen LogP contribution in [0.25, 0.3) is 10.9 Å². The molecule has 21 heavy (non-hydrogen) atoms. The number of carbonyl (C=O) groups is 1. The average Bonchev–Trinajstić information content (AvgIpc) is 2.91. The molecule has 2 N–H and O–H groups in total. The maximum absolute atomic E-state index is 12.2. The molecule has 1 aromatic heterocycles. The van der Waals surface area contributed by atoms with Crippen LogP contribution in [-0.2, 0) is 11.2 Å². The zero-order valence-electron chi connectivity index (χ0n) is 13.1. The molecular formula is C18H26N2O. The highest BCUT2D eigenvalue weighted by Gasteiger charge is 2.15. The van der Waals surface area contributed by atoms with Crippen molar-refractivity contribution in [1.82, 2.24) is 10.3 Å². The number of H-pyrrole nitrogens is 1. The topological polar surface area (TPSA) is 44.9 Å². The normalized spacial score (nSPS) is 12.5. The fourth-order valence-electron chi connectivity index (χ4n) is 2.77. The van der Waals surface area contributed by atoms with E-state index in [2.05, 4.69) is 42.3 Å². The summed E-state index contributed by atoms with van der Waals surface area (Å²) in [6.07, 6.45) is 7.14. The van der Waals surface area contributed by atoms with Gasteiger partial charge in [0, 0.05) is 29.6 Å². The van der Waals surface area contributed by atoms with Gasteiger partial charge in [0.2, 0.25) is 5.91 Å². The van der Waals surface area contributed by atoms with Gasteiger partial charge in [-0.05, 0) is 30.9 Å². The quantitative estimate of drug-likeness (QED) is 0.755. The molecule has 3 heteroatoms. The zero-order valence-corrected chi connectivity index (χ0v) is 13.1. The summed E-state index contributed by atoms with van der Waals surface area (Å²) in [4.78, 5) is 15.4. The molecule has 0 aliphatic carbocycles. The summed E-state index contributed by atoms with van der Waals surface area (Å²) in [7, 11) is 0. The van der Waals surface area contributed by atoms with Crippen LogP contribution in [0.2, 0.25) is 0 Å². The highest BCUT2D eigenvalue weighted by molar-refractivity contribution is 5.83. The van der Waals surface area contributed by atoms with Crippen molar-refractivity contribution in [3.8, 4) is 0 Å². The Kier molecular flexibility index (Phi) is 5.85. The monoisotopic (exact) mass is 286 g/mol. The predicted octanol–water partition coefficient (Wildman–Crippen LogP) is 4.04. The number of carbonyl (C=O) groups excluding carboxylic acids is 1. The standard InChI is InChI=1S/C18H26N2O/c1-3-5-8-14(4-2)18(21)19-12-11-15-13-20-17-10-7-6-9-16(15)17/h6-7,9-10,13-14,20H,3-5,8,11-12H2,1-2H3,(H,19,21). The summed E-state index contributed by atoms with van der Waals surface area (Å²) < 4.78 is 0. The summed E-state index contributed by atoms with van der Waals surface area (Å²) in [5.74, 6) is 0.388. The highest BCUT2D eigenvalue weighted by atomic mass is 16.1. The third-order valence-corrected chi connectivity index (χ3v) is 4.14. The van der Waals surface area contributed by atoms with Crippen LogP contribution in [0.4, 0.5) is 0 Å². The number of nitrogens with one attached hydrogen (secondary N) is 2. The van der Waals surface area contributed by atoms with Crippen molar-refractivity contribution in [2.75, 3.05) is 6.54 Å². The van der Waals surface area contributed by atoms with Crippen LogP contribution in [0.5, 0.6) is 0 Å². The van der Waals surface area contributed by atoms with Crippen molar-refractivity contribution in [1.29, 1.82) is 0 Å². The molecule has 0 aliphatic rings. The van der Waals surface area contributed by atoms with Crippen LogP contribution in [0.3, 0.4) is 0 Å². The Morgan fingerprint density at radius 1 is 1.29 bits per heavy atom. The van der Waals surface area contributed by atoms with E-state index in [4.69, 9.17) is 0 Å². The Labute approximate surface area is 127 Å². The predicted molar refractivity (Wildman–Crippen MR) is 88.3 cm³/mol. The van der Waals surface area contributed by atoms with Gasteiger partial charge in [0.25, 0.3) is 0 Å². The molecule has 1 aromatic carbocycles. The van der Waals surface area contributed by atoms with E-state index < -0.39 is 0 Å². The third kappa shape index (κ3) is 4.10. The molecular weight excluding hydrogens is 260 g/mol. The largest absolute Gasteiger partial charge is 0.361 e. The van der Waals surface area contributed by atoms with E-state index in [1.807, 2.05) is 12.3 Å². The summed E-state index contributed by atoms with van der Waals surface area (Å²) >= 11 is 0. The first-order valence-corrected chi connectivity index (χ1v) is 8.09. The Balaban J connectivity index is 1.84. The second-order valence-corrected chi connectivity index (χ2v) is 5.65. The molecule has 1 heterocycles. The van der Waals surface area contributed by atoms with Crippen molar-refractivity contribution in [3.63, 3.8) is 0 Å². The van der Waals surface area contributed by atoms with Gasteiger partial charge >= 0.3 is 0 Å². The molecule has 1 amide bonds. The number of hydrogen-bond acceptors (Lipinski definition) is 1. The fraction of sp³-hybridized carbons (Fsp3) is 0.500. The van der Waals surface area contributed by atoms with E-state index in [9.17, 15) is 4.79 Å². The van der Waals surface area contributed by atoms with Crippen molar-refractivity contribution in [3.05, 3.63) is 36.0 Å². The summed E-state index contributed by atoms with van der Waals surface area (Å²) in [6, 6.07) is 8.29. The van der Waals surface area contributed by atoms with Gasteiger partial charge in [0.15, 0.2) is 0 Å². The minimum atomic E-state index is 0.174. The number of aromatic nitrogens is 1. The van der Waals surface area contributed by atoms with Crippen LogP contribution < -0.4 is 5.32 Å². The van der Waals surface area contributed by atoms with Crippen molar-refractivity contribution >= 4 is 16.8 Å². The van der Waals surface area contributed by atoms with Crippen LogP contribution in [-0.4, -0.2) is 17.4 Å². The van der Waals surface area contributed by atoms with Gasteiger partial charge in [-0.25, -0.2) is 0 Å². The number of aromatic amines is 1. The highest BCUT2D eigenvalue weighted by Crippen LogP contribution is 2.18. The first kappa shape index (κ1) is 15.6. The number of rotatable bonds is 8. The van der Waals surface area contributed by atoms with Gasteiger partial charge in [-0.15, -0.1) is 0 Å². The zero-order chi connectivity index (χ0) is 15.1. The van der Waals surface area contributed by atoms with E-state index in [1.165, 1.54) is 10.9 Å². The van der Waals surface area contributed by atoms with Crippen molar-refractivity contribution in [2.45, 2.75) is 46.0 Å². The van der Waals surface area contributed by atoms with E-state index >= 15 is 0 Å². The van der Waals surface area contributed by atoms with Gasteiger partial charge in [-0.3, -0.25) is 4.79 Å². The number of benzene rings is 1. The molecule has 0 saturated carbocycles. The Morgan fingerprint density at radius 2 is 2.10 bits per heavy atom. The third-order valence-electron chi connectivity index (χ3n) is 4.14. The van der Waals surface area contributed by atoms with E-state index in [1.54, 1.807) is 0 Å². The van der Waals surface area contributed by atoms with E-state index in [-0.39, 0.29) is 11.8 Å². The molecule has 0 aliphatic heterocycles. The smallest absolute Gasteiger partial charge is 0.223 e. The van der Waals surface area contributed by atoms with Crippen LogP contribution in [0.1, 0.15) is 45.1 Å². The van der Waals surface area contributed by atoms with Crippen molar-refractivity contribution < 1.29 is 4.79 Å². The lowest BCUT2D eigenvalue weighted by Gasteiger charge is -2.14. The van der Waals surface area contributed by atoms with E-state index in [0.29, 0.717) is 6.54 Å². The Morgan fingerprint density at radius 3 is 2.86 bits per heavy atom. The SMILES string of the molecule is CCCCC(CC)C(=O)NCCc1c[nH]c2ccccc12. The van der Waals surface area contributed by atoms with Gasteiger partial charge in [-0.1, -0.05) is 44.9 Å².